The summed E-state index contributed by atoms with van der Waals surface area (Å²) in [6.07, 6.45) is 3.72. The van der Waals surface area contributed by atoms with Crippen molar-refractivity contribution in [3.05, 3.63) is 20.8 Å². The first-order valence-corrected chi connectivity index (χ1v) is 6.89. The Labute approximate surface area is 115 Å². The molecule has 2 aromatic rings. The first kappa shape index (κ1) is 13.0. The first-order chi connectivity index (χ1) is 9.47. The fourth-order valence-electron chi connectivity index (χ4n) is 2.54. The SMILES string of the molecule is CC(CC1CC1)Nc1nc2c([nH]1)c(=O)n(C)c(=O)n2C. The molecule has 0 radical (unpaired) electrons. The lowest BCUT2D eigenvalue weighted by Gasteiger charge is -2.11. The lowest BCUT2D eigenvalue weighted by molar-refractivity contribution is 0.638. The Balaban J connectivity index is 1.97. The van der Waals surface area contributed by atoms with Crippen LogP contribution in [0.2, 0.25) is 0 Å². The molecule has 1 atom stereocenters. The van der Waals surface area contributed by atoms with Gasteiger partial charge in [-0.25, -0.2) is 4.79 Å². The Morgan fingerprint density at radius 1 is 1.35 bits per heavy atom. The molecule has 7 nitrogen and oxygen atoms in total. The van der Waals surface area contributed by atoms with Crippen molar-refractivity contribution in [2.45, 2.75) is 32.2 Å². The predicted molar refractivity (Wildman–Crippen MR) is 77.0 cm³/mol. The van der Waals surface area contributed by atoms with E-state index in [1.54, 1.807) is 7.05 Å². The largest absolute Gasteiger partial charge is 0.353 e. The van der Waals surface area contributed by atoms with E-state index >= 15 is 0 Å². The fourth-order valence-corrected chi connectivity index (χ4v) is 2.54. The number of aromatic nitrogens is 4. The van der Waals surface area contributed by atoms with E-state index in [9.17, 15) is 9.59 Å². The molecule has 20 heavy (non-hydrogen) atoms. The lowest BCUT2D eigenvalue weighted by Crippen LogP contribution is -2.36. The highest BCUT2D eigenvalue weighted by molar-refractivity contribution is 5.72. The van der Waals surface area contributed by atoms with E-state index in [4.69, 9.17) is 0 Å². The maximum Gasteiger partial charge on any atom is 0.332 e. The van der Waals surface area contributed by atoms with Crippen LogP contribution in [0.5, 0.6) is 0 Å². The summed E-state index contributed by atoms with van der Waals surface area (Å²) in [5.74, 6) is 1.37. The van der Waals surface area contributed by atoms with Gasteiger partial charge < -0.3 is 10.3 Å². The molecule has 0 amide bonds. The van der Waals surface area contributed by atoms with Gasteiger partial charge >= 0.3 is 5.69 Å². The smallest absolute Gasteiger partial charge is 0.332 e. The molecule has 3 rings (SSSR count). The Morgan fingerprint density at radius 3 is 2.70 bits per heavy atom. The molecular weight excluding hydrogens is 258 g/mol. The highest BCUT2D eigenvalue weighted by Crippen LogP contribution is 2.33. The first-order valence-electron chi connectivity index (χ1n) is 6.89. The van der Waals surface area contributed by atoms with Crippen LogP contribution in [-0.4, -0.2) is 25.1 Å². The molecule has 1 fully saturated rings. The van der Waals surface area contributed by atoms with Gasteiger partial charge in [0.05, 0.1) is 0 Å². The molecule has 2 N–H and O–H groups in total. The summed E-state index contributed by atoms with van der Waals surface area (Å²) in [5.41, 5.74) is 0.0278. The summed E-state index contributed by atoms with van der Waals surface area (Å²) in [4.78, 5) is 31.2. The zero-order chi connectivity index (χ0) is 14.4. The van der Waals surface area contributed by atoms with Crippen molar-refractivity contribution in [1.82, 2.24) is 19.1 Å². The number of nitrogens with zero attached hydrogens (tertiary/aromatic N) is 3. The molecule has 0 spiro atoms. The normalized spacial score (nSPS) is 16.6. The Morgan fingerprint density at radius 2 is 2.05 bits per heavy atom. The second kappa shape index (κ2) is 4.50. The van der Waals surface area contributed by atoms with E-state index in [1.807, 2.05) is 0 Å². The molecule has 0 bridgehead atoms. The van der Waals surface area contributed by atoms with Gasteiger partial charge in [-0.2, -0.15) is 4.98 Å². The van der Waals surface area contributed by atoms with E-state index in [2.05, 4.69) is 22.2 Å². The molecule has 1 aliphatic rings. The number of imidazole rings is 1. The minimum Gasteiger partial charge on any atom is -0.353 e. The van der Waals surface area contributed by atoms with E-state index < -0.39 is 0 Å². The molecule has 0 aromatic carbocycles. The summed E-state index contributed by atoms with van der Waals surface area (Å²) >= 11 is 0. The van der Waals surface area contributed by atoms with E-state index in [-0.39, 0.29) is 11.2 Å². The van der Waals surface area contributed by atoms with Crippen molar-refractivity contribution < 1.29 is 0 Å². The molecule has 1 saturated carbocycles. The summed E-state index contributed by atoms with van der Waals surface area (Å²) < 4.78 is 2.46. The summed E-state index contributed by atoms with van der Waals surface area (Å²) in [7, 11) is 3.08. The summed E-state index contributed by atoms with van der Waals surface area (Å²) in [6.45, 7) is 2.10. The third kappa shape index (κ3) is 2.13. The van der Waals surface area contributed by atoms with Crippen LogP contribution in [-0.2, 0) is 14.1 Å². The second-order valence-electron chi connectivity index (χ2n) is 5.71. The van der Waals surface area contributed by atoms with Gasteiger partial charge in [-0.05, 0) is 19.3 Å². The molecule has 0 aliphatic heterocycles. The standard InChI is InChI=1S/C13H19N5O2/c1-7(6-8-4-5-8)14-12-15-9-10(16-12)17(2)13(20)18(3)11(9)19/h7-8H,4-6H2,1-3H3,(H2,14,15,16). The van der Waals surface area contributed by atoms with Gasteiger partial charge in [0.1, 0.15) is 0 Å². The summed E-state index contributed by atoms with van der Waals surface area (Å²) in [5, 5.41) is 3.27. The molecule has 2 heterocycles. The minimum atomic E-state index is -0.369. The van der Waals surface area contributed by atoms with Gasteiger partial charge in [-0.15, -0.1) is 0 Å². The fraction of sp³-hybridized carbons (Fsp3) is 0.615. The zero-order valence-electron chi connectivity index (χ0n) is 11.9. The Kier molecular flexibility index (Phi) is 2.92. The van der Waals surface area contributed by atoms with Crippen LogP contribution in [0.1, 0.15) is 26.2 Å². The number of hydrogen-bond donors (Lipinski definition) is 2. The maximum absolute atomic E-state index is 12.0. The molecule has 1 aliphatic carbocycles. The third-order valence-electron chi connectivity index (χ3n) is 3.86. The second-order valence-corrected chi connectivity index (χ2v) is 5.71. The average Bonchev–Trinajstić information content (AvgIpc) is 3.11. The number of H-pyrrole nitrogens is 1. The van der Waals surface area contributed by atoms with Crippen molar-refractivity contribution in [1.29, 1.82) is 0 Å². The topological polar surface area (TPSA) is 84.7 Å². The van der Waals surface area contributed by atoms with Crippen molar-refractivity contribution in [2.24, 2.45) is 20.0 Å². The number of nitrogens with one attached hydrogen (secondary N) is 2. The average molecular weight is 277 g/mol. The van der Waals surface area contributed by atoms with Crippen LogP contribution in [0.3, 0.4) is 0 Å². The number of anilines is 1. The van der Waals surface area contributed by atoms with Gasteiger partial charge in [0.25, 0.3) is 5.56 Å². The van der Waals surface area contributed by atoms with Crippen LogP contribution >= 0.6 is 0 Å². The third-order valence-corrected chi connectivity index (χ3v) is 3.86. The van der Waals surface area contributed by atoms with Crippen molar-refractivity contribution in [2.75, 3.05) is 5.32 Å². The highest BCUT2D eigenvalue weighted by atomic mass is 16.2. The number of rotatable bonds is 4. The number of aryl methyl sites for hydroxylation is 1. The van der Waals surface area contributed by atoms with Gasteiger partial charge in [-0.3, -0.25) is 13.9 Å². The minimum absolute atomic E-state index is 0.295. The zero-order valence-corrected chi connectivity index (χ0v) is 11.9. The van der Waals surface area contributed by atoms with Gasteiger partial charge in [-0.1, -0.05) is 12.8 Å². The van der Waals surface area contributed by atoms with Crippen molar-refractivity contribution in [3.63, 3.8) is 0 Å². The van der Waals surface area contributed by atoms with Crippen LogP contribution in [0, 0.1) is 5.92 Å². The quantitative estimate of drug-likeness (QED) is 0.855. The Bertz CT molecular complexity index is 765. The van der Waals surface area contributed by atoms with Gasteiger partial charge in [0.2, 0.25) is 5.95 Å². The van der Waals surface area contributed by atoms with Gasteiger partial charge in [0.15, 0.2) is 11.2 Å². The van der Waals surface area contributed by atoms with Crippen LogP contribution in [0.25, 0.3) is 11.2 Å². The van der Waals surface area contributed by atoms with Crippen LogP contribution < -0.4 is 16.6 Å². The molecule has 7 heteroatoms. The highest BCUT2D eigenvalue weighted by Gasteiger charge is 2.24. The van der Waals surface area contributed by atoms with Crippen molar-refractivity contribution >= 4 is 17.1 Å². The van der Waals surface area contributed by atoms with E-state index in [0.29, 0.717) is 23.2 Å². The maximum atomic E-state index is 12.0. The van der Waals surface area contributed by atoms with E-state index in [0.717, 1.165) is 16.9 Å². The van der Waals surface area contributed by atoms with Crippen LogP contribution in [0.4, 0.5) is 5.95 Å². The number of hydrogen-bond acceptors (Lipinski definition) is 4. The van der Waals surface area contributed by atoms with E-state index in [1.165, 1.54) is 24.5 Å². The Hall–Kier alpha value is -2.05. The van der Waals surface area contributed by atoms with Crippen LogP contribution in [0.15, 0.2) is 9.59 Å². The molecule has 108 valence electrons. The number of fused-ring (bicyclic) bond motifs is 1. The molecule has 2 aromatic heterocycles. The molecule has 0 saturated heterocycles. The monoisotopic (exact) mass is 277 g/mol. The van der Waals surface area contributed by atoms with Crippen molar-refractivity contribution in [3.8, 4) is 0 Å². The molecule has 1 unspecified atom stereocenters. The number of aromatic amines is 1. The lowest BCUT2D eigenvalue weighted by atomic mass is 10.2. The van der Waals surface area contributed by atoms with Gasteiger partial charge in [0, 0.05) is 20.1 Å². The summed E-state index contributed by atoms with van der Waals surface area (Å²) in [6, 6.07) is 0.295. The molecular formula is C13H19N5O2. The predicted octanol–water partition coefficient (Wildman–Crippen LogP) is 0.561.